The Morgan fingerprint density at radius 1 is 1.58 bits per heavy atom. The molecule has 1 saturated carbocycles. The van der Waals surface area contributed by atoms with Crippen LogP contribution in [0.4, 0.5) is 6.01 Å². The predicted molar refractivity (Wildman–Crippen MR) is 75.6 cm³/mol. The van der Waals surface area contributed by atoms with E-state index >= 15 is 0 Å². The number of ether oxygens (including phenoxy) is 1. The number of carbonyl (C=O) groups excluding carboxylic acids is 1. The van der Waals surface area contributed by atoms with Gasteiger partial charge in [-0.05, 0) is 25.5 Å². The fourth-order valence-corrected chi connectivity index (χ4v) is 3.50. The number of anilines is 1. The molecule has 1 N–H and O–H groups in total. The molecular formula is C13H20N2O3S. The van der Waals surface area contributed by atoms with Crippen LogP contribution in [0, 0.1) is 0 Å². The smallest absolute Gasteiger partial charge is 0.360 e. The fourth-order valence-electron chi connectivity index (χ4n) is 2.30. The molecule has 1 heterocycles. The van der Waals surface area contributed by atoms with E-state index in [4.69, 9.17) is 9.15 Å². The van der Waals surface area contributed by atoms with E-state index in [9.17, 15) is 4.79 Å². The summed E-state index contributed by atoms with van der Waals surface area (Å²) in [6.07, 6.45) is 4.91. The van der Waals surface area contributed by atoms with Gasteiger partial charge >= 0.3 is 5.97 Å². The summed E-state index contributed by atoms with van der Waals surface area (Å²) < 4.78 is 10.2. The second kappa shape index (κ2) is 6.84. The van der Waals surface area contributed by atoms with Crippen LogP contribution in [-0.4, -0.2) is 34.6 Å². The number of thioether (sulfide) groups is 1. The molecule has 5 nitrogen and oxygen atoms in total. The Labute approximate surface area is 117 Å². The number of carbonyl (C=O) groups is 1. The third-order valence-electron chi connectivity index (χ3n) is 3.13. The molecular weight excluding hydrogens is 264 g/mol. The van der Waals surface area contributed by atoms with Crippen molar-refractivity contribution in [3.05, 3.63) is 12.0 Å². The van der Waals surface area contributed by atoms with E-state index in [0.717, 1.165) is 12.2 Å². The molecule has 2 atom stereocenters. The molecule has 0 spiro atoms. The van der Waals surface area contributed by atoms with Gasteiger partial charge in [0.15, 0.2) is 5.69 Å². The highest BCUT2D eigenvalue weighted by atomic mass is 32.2. The summed E-state index contributed by atoms with van der Waals surface area (Å²) in [5.41, 5.74) is 0.224. The van der Waals surface area contributed by atoms with E-state index in [-0.39, 0.29) is 5.69 Å². The molecule has 1 aromatic rings. The zero-order valence-electron chi connectivity index (χ0n) is 11.3. The van der Waals surface area contributed by atoms with Crippen LogP contribution in [0.2, 0.25) is 0 Å². The number of esters is 1. The lowest BCUT2D eigenvalue weighted by molar-refractivity contribution is 0.0519. The van der Waals surface area contributed by atoms with Gasteiger partial charge in [-0.15, -0.1) is 0 Å². The highest BCUT2D eigenvalue weighted by Gasteiger charge is 2.28. The van der Waals surface area contributed by atoms with Crippen molar-refractivity contribution in [2.24, 2.45) is 0 Å². The molecule has 0 bridgehead atoms. The predicted octanol–water partition coefficient (Wildman–Crippen LogP) is 2.94. The zero-order chi connectivity index (χ0) is 13.7. The van der Waals surface area contributed by atoms with E-state index in [0.29, 0.717) is 23.9 Å². The first-order chi connectivity index (χ1) is 9.24. The Hall–Kier alpha value is -1.17. The van der Waals surface area contributed by atoms with E-state index in [1.165, 1.54) is 19.1 Å². The first kappa shape index (κ1) is 14.2. The summed E-state index contributed by atoms with van der Waals surface area (Å²) in [5.74, 6) is 0.674. The molecule has 2 rings (SSSR count). The number of oxazole rings is 1. The molecule has 0 saturated heterocycles. The van der Waals surface area contributed by atoms with Gasteiger partial charge in [-0.3, -0.25) is 0 Å². The number of hydrogen-bond donors (Lipinski definition) is 1. The van der Waals surface area contributed by atoms with Gasteiger partial charge in [0.25, 0.3) is 6.01 Å². The van der Waals surface area contributed by atoms with Crippen LogP contribution in [0.3, 0.4) is 0 Å². The second-order valence-electron chi connectivity index (χ2n) is 4.43. The van der Waals surface area contributed by atoms with Gasteiger partial charge in [0.2, 0.25) is 0 Å². The molecule has 1 aromatic heterocycles. The Morgan fingerprint density at radius 2 is 2.42 bits per heavy atom. The van der Waals surface area contributed by atoms with Crippen molar-refractivity contribution in [1.82, 2.24) is 4.98 Å². The molecule has 1 aliphatic carbocycles. The third-order valence-corrected chi connectivity index (χ3v) is 4.46. The topological polar surface area (TPSA) is 64.4 Å². The van der Waals surface area contributed by atoms with Crippen LogP contribution in [0.25, 0.3) is 0 Å². The highest BCUT2D eigenvalue weighted by Crippen LogP contribution is 2.31. The van der Waals surface area contributed by atoms with Crippen molar-refractivity contribution in [2.45, 2.75) is 44.4 Å². The van der Waals surface area contributed by atoms with Crippen molar-refractivity contribution in [3.63, 3.8) is 0 Å². The van der Waals surface area contributed by atoms with E-state index in [2.05, 4.69) is 17.2 Å². The van der Waals surface area contributed by atoms with Crippen molar-refractivity contribution in [2.75, 3.05) is 17.7 Å². The van der Waals surface area contributed by atoms with Gasteiger partial charge < -0.3 is 14.5 Å². The Balaban J connectivity index is 1.94. The Morgan fingerprint density at radius 3 is 3.16 bits per heavy atom. The van der Waals surface area contributed by atoms with Gasteiger partial charge in [0.05, 0.1) is 6.61 Å². The molecule has 0 aliphatic heterocycles. The first-order valence-electron chi connectivity index (χ1n) is 6.75. The second-order valence-corrected chi connectivity index (χ2v) is 5.95. The lowest BCUT2D eigenvalue weighted by atomic mass is 10.2. The standard InChI is InChI=1S/C13H20N2O3S/c1-3-17-12(16)10-8-18-13(15-10)14-9-6-5-7-11(9)19-4-2/h8-9,11H,3-7H2,1-2H3,(H,14,15). The fraction of sp³-hybridized carbons (Fsp3) is 0.692. The normalized spacial score (nSPS) is 22.4. The number of nitrogens with one attached hydrogen (secondary N) is 1. The molecule has 6 heteroatoms. The summed E-state index contributed by atoms with van der Waals surface area (Å²) in [5, 5.41) is 3.89. The molecule has 1 aliphatic rings. The quantitative estimate of drug-likeness (QED) is 0.810. The third kappa shape index (κ3) is 3.65. The monoisotopic (exact) mass is 284 g/mol. The Kier molecular flexibility index (Phi) is 5.13. The van der Waals surface area contributed by atoms with E-state index in [1.54, 1.807) is 6.92 Å². The van der Waals surface area contributed by atoms with Crippen LogP contribution >= 0.6 is 11.8 Å². The van der Waals surface area contributed by atoms with Crippen LogP contribution in [0.15, 0.2) is 10.7 Å². The molecule has 2 unspecified atom stereocenters. The summed E-state index contributed by atoms with van der Waals surface area (Å²) in [7, 11) is 0. The van der Waals surface area contributed by atoms with Gasteiger partial charge in [0.1, 0.15) is 6.26 Å². The summed E-state index contributed by atoms with van der Waals surface area (Å²) in [6, 6.07) is 0.787. The molecule has 1 fully saturated rings. The molecule has 0 radical (unpaired) electrons. The highest BCUT2D eigenvalue weighted by molar-refractivity contribution is 7.99. The maximum atomic E-state index is 11.5. The number of aromatic nitrogens is 1. The van der Waals surface area contributed by atoms with Crippen LogP contribution < -0.4 is 5.32 Å². The van der Waals surface area contributed by atoms with Gasteiger partial charge in [0, 0.05) is 11.3 Å². The number of hydrogen-bond acceptors (Lipinski definition) is 6. The van der Waals surface area contributed by atoms with Crippen LogP contribution in [0.5, 0.6) is 0 Å². The largest absolute Gasteiger partial charge is 0.461 e. The molecule has 19 heavy (non-hydrogen) atoms. The lowest BCUT2D eigenvalue weighted by Crippen LogP contribution is -2.26. The SMILES string of the molecule is CCOC(=O)c1coc(NC2CCCC2SCC)n1. The summed E-state index contributed by atoms with van der Waals surface area (Å²) >= 11 is 1.96. The van der Waals surface area contributed by atoms with Gasteiger partial charge in [-0.25, -0.2) is 4.79 Å². The van der Waals surface area contributed by atoms with E-state index in [1.807, 2.05) is 11.8 Å². The van der Waals surface area contributed by atoms with Crippen molar-refractivity contribution in [1.29, 1.82) is 0 Å². The minimum atomic E-state index is -0.440. The number of nitrogens with zero attached hydrogens (tertiary/aromatic N) is 1. The molecule has 0 amide bonds. The maximum Gasteiger partial charge on any atom is 0.360 e. The van der Waals surface area contributed by atoms with Crippen molar-refractivity contribution in [3.8, 4) is 0 Å². The van der Waals surface area contributed by atoms with Crippen LogP contribution in [0.1, 0.15) is 43.6 Å². The van der Waals surface area contributed by atoms with Crippen LogP contribution in [-0.2, 0) is 4.74 Å². The minimum absolute atomic E-state index is 0.224. The van der Waals surface area contributed by atoms with Gasteiger partial charge in [-0.2, -0.15) is 16.7 Å². The zero-order valence-corrected chi connectivity index (χ0v) is 12.2. The van der Waals surface area contributed by atoms with Crippen molar-refractivity contribution < 1.29 is 13.9 Å². The maximum absolute atomic E-state index is 11.5. The Bertz CT molecular complexity index is 422. The molecule has 0 aromatic carbocycles. The van der Waals surface area contributed by atoms with Gasteiger partial charge in [-0.1, -0.05) is 13.3 Å². The summed E-state index contributed by atoms with van der Waals surface area (Å²) in [4.78, 5) is 15.6. The average Bonchev–Trinajstić information content (AvgIpc) is 3.01. The average molecular weight is 284 g/mol. The lowest BCUT2D eigenvalue weighted by Gasteiger charge is -2.18. The molecule has 106 valence electrons. The summed E-state index contributed by atoms with van der Waals surface area (Å²) in [6.45, 7) is 4.28. The number of rotatable bonds is 6. The first-order valence-corrected chi connectivity index (χ1v) is 7.80. The minimum Gasteiger partial charge on any atom is -0.461 e. The van der Waals surface area contributed by atoms with E-state index < -0.39 is 5.97 Å². The van der Waals surface area contributed by atoms with Crippen molar-refractivity contribution >= 4 is 23.7 Å².